The zero-order valence-electron chi connectivity index (χ0n) is 12.5. The zero-order valence-corrected chi connectivity index (χ0v) is 12.5. The van der Waals surface area contributed by atoms with Crippen LogP contribution in [-0.4, -0.2) is 40.7 Å². The molecule has 0 spiro atoms. The van der Waals surface area contributed by atoms with Crippen molar-refractivity contribution in [1.29, 1.82) is 0 Å². The Balaban J connectivity index is 2.00. The van der Waals surface area contributed by atoms with Crippen molar-refractivity contribution in [3.63, 3.8) is 0 Å². The number of nitrogens with zero attached hydrogens (tertiary/aromatic N) is 3. The third-order valence-electron chi connectivity index (χ3n) is 3.87. The molecule has 1 aliphatic heterocycles. The highest BCUT2D eigenvalue weighted by Crippen LogP contribution is 2.30. The molecule has 0 saturated carbocycles. The summed E-state index contributed by atoms with van der Waals surface area (Å²) in [4.78, 5) is 22.4. The van der Waals surface area contributed by atoms with Crippen molar-refractivity contribution in [2.45, 2.75) is 19.8 Å². The van der Waals surface area contributed by atoms with Gasteiger partial charge >= 0.3 is 5.97 Å². The van der Waals surface area contributed by atoms with E-state index in [1.807, 2.05) is 36.1 Å². The minimum absolute atomic E-state index is 0.364. The maximum atomic E-state index is 11.3. The second-order valence-electron chi connectivity index (χ2n) is 5.40. The number of para-hydroxylation sites is 2. The lowest BCUT2D eigenvalue weighted by Crippen LogP contribution is -2.39. The van der Waals surface area contributed by atoms with Crippen molar-refractivity contribution in [1.82, 2.24) is 9.97 Å². The Hall–Kier alpha value is -2.37. The van der Waals surface area contributed by atoms with E-state index in [0.29, 0.717) is 31.3 Å². The smallest absolute Gasteiger partial charge is 0.308 e. The molecular weight excluding hydrogens is 282 g/mol. The summed E-state index contributed by atoms with van der Waals surface area (Å²) >= 11 is 0. The van der Waals surface area contributed by atoms with Crippen LogP contribution in [0.2, 0.25) is 0 Å². The van der Waals surface area contributed by atoms with Crippen LogP contribution in [-0.2, 0) is 4.79 Å². The van der Waals surface area contributed by atoms with Gasteiger partial charge in [-0.3, -0.25) is 4.79 Å². The summed E-state index contributed by atoms with van der Waals surface area (Å²) < 4.78 is 5.63. The number of fused-ring (bicyclic) bond motifs is 1. The quantitative estimate of drug-likeness (QED) is 0.934. The summed E-state index contributed by atoms with van der Waals surface area (Å²) in [7, 11) is 0. The second kappa shape index (κ2) is 6.17. The number of rotatable bonds is 4. The van der Waals surface area contributed by atoms with E-state index < -0.39 is 5.97 Å². The molecule has 0 aliphatic carbocycles. The molecular formula is C16H19N3O3. The second-order valence-corrected chi connectivity index (χ2v) is 5.40. The number of aliphatic carboxylic acids is 1. The Morgan fingerprint density at radius 1 is 1.36 bits per heavy atom. The van der Waals surface area contributed by atoms with Gasteiger partial charge < -0.3 is 14.7 Å². The number of benzene rings is 1. The fourth-order valence-electron chi connectivity index (χ4n) is 2.79. The lowest BCUT2D eigenvalue weighted by atomic mass is 9.98. The van der Waals surface area contributed by atoms with Crippen LogP contribution in [0.3, 0.4) is 0 Å². The van der Waals surface area contributed by atoms with Gasteiger partial charge in [-0.05, 0) is 31.9 Å². The molecule has 6 nitrogen and oxygen atoms in total. The van der Waals surface area contributed by atoms with Crippen LogP contribution in [0.4, 0.5) is 5.82 Å². The predicted octanol–water partition coefficient (Wildman–Crippen LogP) is 2.33. The molecule has 0 bridgehead atoms. The van der Waals surface area contributed by atoms with Crippen molar-refractivity contribution in [2.24, 2.45) is 5.92 Å². The third kappa shape index (κ3) is 2.81. The van der Waals surface area contributed by atoms with Gasteiger partial charge in [-0.2, -0.15) is 0 Å². The highest BCUT2D eigenvalue weighted by atomic mass is 16.5. The number of hydrogen-bond donors (Lipinski definition) is 1. The SMILES string of the molecule is CCOc1nc2ccccc2nc1N1CCC[C@@H](C(=O)O)C1. The maximum absolute atomic E-state index is 11.3. The molecule has 0 amide bonds. The molecule has 1 N–H and O–H groups in total. The summed E-state index contributed by atoms with van der Waals surface area (Å²) in [6.07, 6.45) is 1.54. The topological polar surface area (TPSA) is 75.6 Å². The number of carbonyl (C=O) groups is 1. The molecule has 116 valence electrons. The molecule has 1 aliphatic rings. The van der Waals surface area contributed by atoms with E-state index >= 15 is 0 Å². The predicted molar refractivity (Wildman–Crippen MR) is 83.3 cm³/mol. The van der Waals surface area contributed by atoms with E-state index in [1.165, 1.54) is 0 Å². The maximum Gasteiger partial charge on any atom is 0.308 e. The highest BCUT2D eigenvalue weighted by molar-refractivity contribution is 5.78. The van der Waals surface area contributed by atoms with Gasteiger partial charge in [-0.25, -0.2) is 9.97 Å². The number of ether oxygens (including phenoxy) is 1. The van der Waals surface area contributed by atoms with Crippen molar-refractivity contribution in [3.05, 3.63) is 24.3 Å². The van der Waals surface area contributed by atoms with E-state index in [-0.39, 0.29) is 5.92 Å². The Labute approximate surface area is 128 Å². The van der Waals surface area contributed by atoms with Gasteiger partial charge in [0.15, 0.2) is 5.82 Å². The van der Waals surface area contributed by atoms with E-state index in [4.69, 9.17) is 4.74 Å². The average Bonchev–Trinajstić information content (AvgIpc) is 2.54. The van der Waals surface area contributed by atoms with Crippen molar-refractivity contribution < 1.29 is 14.6 Å². The number of anilines is 1. The Morgan fingerprint density at radius 2 is 2.09 bits per heavy atom. The van der Waals surface area contributed by atoms with E-state index in [2.05, 4.69) is 9.97 Å². The van der Waals surface area contributed by atoms with Gasteiger partial charge in [0.05, 0.1) is 23.6 Å². The van der Waals surface area contributed by atoms with Gasteiger partial charge in [0.25, 0.3) is 5.88 Å². The molecule has 22 heavy (non-hydrogen) atoms. The Morgan fingerprint density at radius 3 is 2.77 bits per heavy atom. The first-order valence-electron chi connectivity index (χ1n) is 7.56. The highest BCUT2D eigenvalue weighted by Gasteiger charge is 2.28. The van der Waals surface area contributed by atoms with Crippen LogP contribution in [0.25, 0.3) is 11.0 Å². The molecule has 2 aromatic rings. The molecule has 3 rings (SSSR count). The van der Waals surface area contributed by atoms with E-state index in [0.717, 1.165) is 24.0 Å². The first kappa shape index (κ1) is 14.6. The molecule has 6 heteroatoms. The van der Waals surface area contributed by atoms with Crippen LogP contribution in [0.1, 0.15) is 19.8 Å². The number of carboxylic acids is 1. The van der Waals surface area contributed by atoms with Crippen LogP contribution >= 0.6 is 0 Å². The first-order chi connectivity index (χ1) is 10.7. The number of carboxylic acid groups (broad SMARTS) is 1. The van der Waals surface area contributed by atoms with Crippen LogP contribution in [0.15, 0.2) is 24.3 Å². The average molecular weight is 301 g/mol. The molecule has 1 atom stereocenters. The summed E-state index contributed by atoms with van der Waals surface area (Å²) in [6.45, 7) is 3.62. The van der Waals surface area contributed by atoms with Gasteiger partial charge in [0.1, 0.15) is 0 Å². The van der Waals surface area contributed by atoms with Crippen molar-refractivity contribution >= 4 is 22.8 Å². The fourth-order valence-corrected chi connectivity index (χ4v) is 2.79. The van der Waals surface area contributed by atoms with Crippen molar-refractivity contribution in [2.75, 3.05) is 24.6 Å². The normalized spacial score (nSPS) is 18.4. The van der Waals surface area contributed by atoms with Gasteiger partial charge in [0.2, 0.25) is 0 Å². The van der Waals surface area contributed by atoms with E-state index in [1.54, 1.807) is 0 Å². The minimum Gasteiger partial charge on any atom is -0.481 e. The minimum atomic E-state index is -0.753. The molecule has 1 saturated heterocycles. The lowest BCUT2D eigenvalue weighted by molar-refractivity contribution is -0.141. The van der Waals surface area contributed by atoms with E-state index in [9.17, 15) is 9.90 Å². The van der Waals surface area contributed by atoms with Gasteiger partial charge in [-0.1, -0.05) is 12.1 Å². The number of hydrogen-bond acceptors (Lipinski definition) is 5. The molecule has 1 fully saturated rings. The Bertz CT molecular complexity index is 689. The van der Waals surface area contributed by atoms with Crippen molar-refractivity contribution in [3.8, 4) is 5.88 Å². The van der Waals surface area contributed by atoms with Crippen LogP contribution in [0, 0.1) is 5.92 Å². The number of aromatic nitrogens is 2. The molecule has 0 radical (unpaired) electrons. The molecule has 0 unspecified atom stereocenters. The summed E-state index contributed by atoms with van der Waals surface area (Å²) in [5, 5.41) is 9.25. The summed E-state index contributed by atoms with van der Waals surface area (Å²) in [5.41, 5.74) is 1.57. The summed E-state index contributed by atoms with van der Waals surface area (Å²) in [6, 6.07) is 7.62. The summed E-state index contributed by atoms with van der Waals surface area (Å²) in [5.74, 6) is 0.00615. The lowest BCUT2D eigenvalue weighted by Gasteiger charge is -2.32. The van der Waals surface area contributed by atoms with Gasteiger partial charge in [-0.15, -0.1) is 0 Å². The van der Waals surface area contributed by atoms with Crippen LogP contribution < -0.4 is 9.64 Å². The van der Waals surface area contributed by atoms with Crippen LogP contribution in [0.5, 0.6) is 5.88 Å². The Kier molecular flexibility index (Phi) is 4.09. The molecule has 2 heterocycles. The largest absolute Gasteiger partial charge is 0.481 e. The number of piperidine rings is 1. The van der Waals surface area contributed by atoms with Gasteiger partial charge in [0, 0.05) is 13.1 Å². The monoisotopic (exact) mass is 301 g/mol. The molecule has 1 aromatic heterocycles. The fraction of sp³-hybridized carbons (Fsp3) is 0.438. The first-order valence-corrected chi connectivity index (χ1v) is 7.56. The zero-order chi connectivity index (χ0) is 15.5. The molecule has 1 aromatic carbocycles. The third-order valence-corrected chi connectivity index (χ3v) is 3.87. The standard InChI is InChI=1S/C16H19N3O3/c1-2-22-15-14(17-12-7-3-4-8-13(12)18-15)19-9-5-6-11(10-19)16(20)21/h3-4,7-8,11H,2,5-6,9-10H2,1H3,(H,20,21)/t11-/m1/s1.